The summed E-state index contributed by atoms with van der Waals surface area (Å²) in [5, 5.41) is 13.4. The molecule has 0 spiro atoms. The average Bonchev–Trinajstić information content (AvgIpc) is 2.27. The van der Waals surface area contributed by atoms with Gasteiger partial charge in [0.1, 0.15) is 0 Å². The molecule has 2 nitrogen and oxygen atoms in total. The molecule has 0 bridgehead atoms. The van der Waals surface area contributed by atoms with Crippen LogP contribution in [0.5, 0.6) is 0 Å². The second-order valence-electron chi connectivity index (χ2n) is 4.75. The molecule has 0 saturated carbocycles. The zero-order valence-corrected chi connectivity index (χ0v) is 8.82. The number of aliphatic hydroxyl groups excluding tert-OH is 1. The second-order valence-corrected chi connectivity index (χ2v) is 4.75. The Bertz CT molecular complexity index is 354. The van der Waals surface area contributed by atoms with E-state index < -0.39 is 0 Å². The van der Waals surface area contributed by atoms with Gasteiger partial charge in [-0.15, -0.1) is 0 Å². The minimum absolute atomic E-state index is 0.273. The van der Waals surface area contributed by atoms with Gasteiger partial charge in [0.05, 0.1) is 6.10 Å². The fourth-order valence-electron chi connectivity index (χ4n) is 2.95. The van der Waals surface area contributed by atoms with Gasteiger partial charge in [0.15, 0.2) is 0 Å². The molecule has 0 amide bonds. The van der Waals surface area contributed by atoms with Gasteiger partial charge >= 0.3 is 0 Å². The molecule has 15 heavy (non-hydrogen) atoms. The van der Waals surface area contributed by atoms with Crippen LogP contribution in [0.2, 0.25) is 0 Å². The van der Waals surface area contributed by atoms with Crippen molar-refractivity contribution in [3.63, 3.8) is 0 Å². The van der Waals surface area contributed by atoms with Gasteiger partial charge in [0.2, 0.25) is 0 Å². The highest BCUT2D eigenvalue weighted by Crippen LogP contribution is 2.39. The molecule has 3 rings (SSSR count). The average molecular weight is 203 g/mol. The summed E-state index contributed by atoms with van der Waals surface area (Å²) >= 11 is 0. The molecule has 3 unspecified atom stereocenters. The highest BCUT2D eigenvalue weighted by molar-refractivity contribution is 5.38. The number of fused-ring (bicyclic) bond motifs is 2. The van der Waals surface area contributed by atoms with Gasteiger partial charge in [0.25, 0.3) is 0 Å². The van der Waals surface area contributed by atoms with E-state index >= 15 is 0 Å². The fraction of sp³-hybridized carbons (Fsp3) is 0.538. The van der Waals surface area contributed by atoms with Crippen LogP contribution >= 0.6 is 0 Å². The summed E-state index contributed by atoms with van der Waals surface area (Å²) in [6.45, 7) is 1.11. The van der Waals surface area contributed by atoms with E-state index in [2.05, 4.69) is 17.5 Å². The van der Waals surface area contributed by atoms with Crippen molar-refractivity contribution in [2.75, 3.05) is 6.54 Å². The number of nitrogens with one attached hydrogen (secondary N) is 1. The van der Waals surface area contributed by atoms with Crippen molar-refractivity contribution in [3.05, 3.63) is 35.6 Å². The normalized spacial score (nSPS) is 38.3. The first-order valence-electron chi connectivity index (χ1n) is 5.86. The van der Waals surface area contributed by atoms with Crippen LogP contribution in [0.4, 0.5) is 0 Å². The molecular formula is C13H17NO. The van der Waals surface area contributed by atoms with Crippen molar-refractivity contribution >= 4 is 0 Å². The van der Waals surface area contributed by atoms with Crippen molar-refractivity contribution in [3.8, 4) is 0 Å². The van der Waals surface area contributed by atoms with Gasteiger partial charge in [-0.2, -0.15) is 0 Å². The summed E-state index contributed by atoms with van der Waals surface area (Å²) in [5.41, 5.74) is 2.69. The third-order valence-electron chi connectivity index (χ3n) is 3.80. The number of piperidine rings is 1. The summed E-state index contributed by atoms with van der Waals surface area (Å²) < 4.78 is 0. The molecule has 80 valence electrons. The van der Waals surface area contributed by atoms with Gasteiger partial charge in [-0.3, -0.25) is 0 Å². The molecule has 0 aromatic heterocycles. The lowest BCUT2D eigenvalue weighted by molar-refractivity contribution is 0.148. The van der Waals surface area contributed by atoms with Crippen molar-refractivity contribution in [2.45, 2.75) is 25.4 Å². The molecule has 1 heterocycles. The number of hydrogen-bond donors (Lipinski definition) is 2. The van der Waals surface area contributed by atoms with Gasteiger partial charge in [0, 0.05) is 18.2 Å². The first-order valence-corrected chi connectivity index (χ1v) is 5.86. The van der Waals surface area contributed by atoms with E-state index in [0.717, 1.165) is 13.0 Å². The van der Waals surface area contributed by atoms with E-state index in [0.29, 0.717) is 11.8 Å². The Hall–Kier alpha value is -1.02. The molecule has 1 saturated heterocycles. The lowest BCUT2D eigenvalue weighted by Crippen LogP contribution is -2.35. The van der Waals surface area contributed by atoms with Crippen LogP contribution in [0.3, 0.4) is 0 Å². The van der Waals surface area contributed by atoms with Crippen molar-refractivity contribution in [1.29, 1.82) is 0 Å². The summed E-state index contributed by atoms with van der Waals surface area (Å²) in [6.07, 6.45) is 11.6. The Morgan fingerprint density at radius 1 is 1.40 bits per heavy atom. The summed E-state index contributed by atoms with van der Waals surface area (Å²) in [4.78, 5) is 0. The van der Waals surface area contributed by atoms with E-state index in [-0.39, 0.29) is 6.10 Å². The molecule has 0 aromatic carbocycles. The number of hydrogen-bond acceptors (Lipinski definition) is 2. The van der Waals surface area contributed by atoms with Crippen LogP contribution in [-0.2, 0) is 0 Å². The Balaban J connectivity index is 1.93. The molecule has 2 heteroatoms. The van der Waals surface area contributed by atoms with Crippen molar-refractivity contribution in [2.24, 2.45) is 11.8 Å². The quantitative estimate of drug-likeness (QED) is 0.628. The Morgan fingerprint density at radius 3 is 3.27 bits per heavy atom. The van der Waals surface area contributed by atoms with Gasteiger partial charge in [-0.1, -0.05) is 18.2 Å². The monoisotopic (exact) mass is 203 g/mol. The van der Waals surface area contributed by atoms with Crippen LogP contribution in [0.25, 0.3) is 0 Å². The Morgan fingerprint density at radius 2 is 2.33 bits per heavy atom. The standard InChI is InChI=1S/C13H17NO/c15-13-5-1-3-9-8-12-10(7-11(9)13)4-2-6-14-12/h1,3,5,8,10-11,13-15H,2,4,6-7H2. The minimum atomic E-state index is -0.273. The maximum Gasteiger partial charge on any atom is 0.0792 e. The smallest absolute Gasteiger partial charge is 0.0792 e. The highest BCUT2D eigenvalue weighted by Gasteiger charge is 2.32. The maximum atomic E-state index is 9.92. The molecule has 1 aliphatic heterocycles. The van der Waals surface area contributed by atoms with E-state index in [1.165, 1.54) is 24.1 Å². The number of rotatable bonds is 0. The molecule has 0 aromatic rings. The summed E-state index contributed by atoms with van der Waals surface area (Å²) in [7, 11) is 0. The van der Waals surface area contributed by atoms with Gasteiger partial charge in [-0.25, -0.2) is 0 Å². The maximum absolute atomic E-state index is 9.92. The van der Waals surface area contributed by atoms with Crippen molar-refractivity contribution in [1.82, 2.24) is 5.32 Å². The predicted molar refractivity (Wildman–Crippen MR) is 60.1 cm³/mol. The van der Waals surface area contributed by atoms with Crippen LogP contribution in [0.15, 0.2) is 35.6 Å². The van der Waals surface area contributed by atoms with E-state index in [1.54, 1.807) is 0 Å². The van der Waals surface area contributed by atoms with Gasteiger partial charge < -0.3 is 10.4 Å². The van der Waals surface area contributed by atoms with Gasteiger partial charge in [-0.05, 0) is 36.8 Å². The topological polar surface area (TPSA) is 32.3 Å². The van der Waals surface area contributed by atoms with Crippen molar-refractivity contribution < 1.29 is 5.11 Å². The Kier molecular flexibility index (Phi) is 2.17. The molecule has 2 N–H and O–H groups in total. The molecule has 1 fully saturated rings. The largest absolute Gasteiger partial charge is 0.388 e. The minimum Gasteiger partial charge on any atom is -0.388 e. The molecule has 3 aliphatic rings. The van der Waals surface area contributed by atoms with Crippen LogP contribution in [0, 0.1) is 11.8 Å². The van der Waals surface area contributed by atoms with Crippen LogP contribution in [0.1, 0.15) is 19.3 Å². The van der Waals surface area contributed by atoms with E-state index in [4.69, 9.17) is 0 Å². The van der Waals surface area contributed by atoms with E-state index in [9.17, 15) is 5.11 Å². The molecule has 0 radical (unpaired) electrons. The van der Waals surface area contributed by atoms with E-state index in [1.807, 2.05) is 12.2 Å². The fourth-order valence-corrected chi connectivity index (χ4v) is 2.95. The lowest BCUT2D eigenvalue weighted by atomic mass is 9.74. The summed E-state index contributed by atoms with van der Waals surface area (Å²) in [5.74, 6) is 0.991. The first kappa shape index (κ1) is 9.22. The lowest BCUT2D eigenvalue weighted by Gasteiger charge is -2.37. The first-order chi connectivity index (χ1) is 7.34. The zero-order valence-electron chi connectivity index (χ0n) is 8.82. The highest BCUT2D eigenvalue weighted by atomic mass is 16.3. The second kappa shape index (κ2) is 3.53. The van der Waals surface area contributed by atoms with Crippen LogP contribution in [-0.4, -0.2) is 17.8 Å². The SMILES string of the molecule is OC1C=CC=C2C=C3NCCCC3CC21. The van der Waals surface area contributed by atoms with Crippen LogP contribution < -0.4 is 5.32 Å². The predicted octanol–water partition coefficient (Wildman–Crippen LogP) is 1.75. The molecule has 3 atom stereocenters. The third-order valence-corrected chi connectivity index (χ3v) is 3.80. The molecular weight excluding hydrogens is 186 g/mol. The molecule has 2 aliphatic carbocycles. The Labute approximate surface area is 90.4 Å². The zero-order chi connectivity index (χ0) is 10.3. The number of aliphatic hydroxyl groups is 1. The third kappa shape index (κ3) is 1.53. The number of allylic oxidation sites excluding steroid dienone is 4. The summed E-state index contributed by atoms with van der Waals surface area (Å²) in [6, 6.07) is 0.